The lowest BCUT2D eigenvalue weighted by molar-refractivity contribution is -0.122. The van der Waals surface area contributed by atoms with Gasteiger partial charge in [0.15, 0.2) is 5.65 Å². The Morgan fingerprint density at radius 2 is 2.04 bits per heavy atom. The number of nitrogens with one attached hydrogen (secondary N) is 1. The number of hydrogen-bond donors (Lipinski definition) is 1. The van der Waals surface area contributed by atoms with Crippen LogP contribution >= 0.6 is 0 Å². The molecule has 0 spiro atoms. The van der Waals surface area contributed by atoms with Crippen molar-refractivity contribution >= 4 is 11.6 Å². The number of carbonyl (C=O) groups is 1. The van der Waals surface area contributed by atoms with Crippen molar-refractivity contribution in [3.05, 3.63) is 28.7 Å². The highest BCUT2D eigenvalue weighted by atomic mass is 16.1. The molecule has 0 aromatic carbocycles. The Morgan fingerprint density at radius 1 is 1.30 bits per heavy atom. The van der Waals surface area contributed by atoms with Crippen LogP contribution in [0.4, 0.5) is 0 Å². The van der Waals surface area contributed by atoms with E-state index in [1.165, 1.54) is 12.8 Å². The van der Waals surface area contributed by atoms with Gasteiger partial charge in [0.25, 0.3) is 0 Å². The van der Waals surface area contributed by atoms with Crippen molar-refractivity contribution in [2.45, 2.75) is 79.7 Å². The molecule has 2 aliphatic rings. The maximum atomic E-state index is 12.7. The zero-order valence-corrected chi connectivity index (χ0v) is 17.5. The first kappa shape index (κ1) is 18.5. The molecule has 2 aromatic heterocycles. The highest BCUT2D eigenvalue weighted by Gasteiger charge is 2.61. The molecule has 2 heterocycles. The summed E-state index contributed by atoms with van der Waals surface area (Å²) < 4.78 is 1.90. The van der Waals surface area contributed by atoms with Gasteiger partial charge in [-0.15, -0.1) is 0 Å². The predicted molar refractivity (Wildman–Crippen MR) is 107 cm³/mol. The Labute approximate surface area is 161 Å². The molecular formula is C22H32N4O. The topological polar surface area (TPSA) is 59.3 Å². The predicted octanol–water partition coefficient (Wildman–Crippen LogP) is 3.92. The average molecular weight is 369 g/mol. The van der Waals surface area contributed by atoms with Gasteiger partial charge in [-0.05, 0) is 68.8 Å². The number of fused-ring (bicyclic) bond motifs is 3. The number of carbonyl (C=O) groups excluding carboxylic acids is 1. The lowest BCUT2D eigenvalue weighted by atomic mass is 9.69. The van der Waals surface area contributed by atoms with Gasteiger partial charge in [-0.3, -0.25) is 4.79 Å². The molecule has 0 saturated heterocycles. The summed E-state index contributed by atoms with van der Waals surface area (Å²) in [4.78, 5) is 17.4. The first-order valence-electron chi connectivity index (χ1n) is 10.3. The van der Waals surface area contributed by atoms with Crippen LogP contribution in [0.2, 0.25) is 0 Å². The van der Waals surface area contributed by atoms with Gasteiger partial charge in [0, 0.05) is 29.9 Å². The molecule has 0 aliphatic heterocycles. The highest BCUT2D eigenvalue weighted by Crippen LogP contribution is 2.65. The minimum atomic E-state index is 0.167. The second-order valence-electron chi connectivity index (χ2n) is 9.55. The SMILES string of the molecule is Cc1cc2nc(C)c(CCC(=O)N[C@@H]3C[C@H]4CC[C@@]3(C)C4(C)C)c(C)n2n1. The van der Waals surface area contributed by atoms with Gasteiger partial charge in [-0.1, -0.05) is 20.8 Å². The summed E-state index contributed by atoms with van der Waals surface area (Å²) in [5.41, 5.74) is 5.63. The first-order chi connectivity index (χ1) is 12.6. The van der Waals surface area contributed by atoms with Gasteiger partial charge >= 0.3 is 0 Å². The van der Waals surface area contributed by atoms with Crippen molar-refractivity contribution in [3.63, 3.8) is 0 Å². The molecule has 4 rings (SSSR count). The standard InChI is InChI=1S/C22H32N4O/c1-13-11-19-23-14(2)17(15(3)26(19)25-13)7-8-20(27)24-18-12-16-9-10-22(18,6)21(16,4)5/h11,16,18H,7-10,12H2,1-6H3,(H,24,27)/t16-,18-,22-/m1/s1. The van der Waals surface area contributed by atoms with Crippen molar-refractivity contribution in [2.24, 2.45) is 16.7 Å². The maximum absolute atomic E-state index is 12.7. The zero-order chi connectivity index (χ0) is 19.6. The molecule has 146 valence electrons. The average Bonchev–Trinajstić information content (AvgIpc) is 3.12. The Balaban J connectivity index is 1.45. The van der Waals surface area contributed by atoms with Crippen molar-refractivity contribution in [1.82, 2.24) is 19.9 Å². The molecule has 27 heavy (non-hydrogen) atoms. The van der Waals surface area contributed by atoms with Gasteiger partial charge < -0.3 is 5.32 Å². The monoisotopic (exact) mass is 368 g/mol. The lowest BCUT2D eigenvalue weighted by Gasteiger charge is -2.39. The molecule has 2 bridgehead atoms. The minimum Gasteiger partial charge on any atom is -0.353 e. The van der Waals surface area contributed by atoms with Gasteiger partial charge in [0.1, 0.15) is 0 Å². The van der Waals surface area contributed by atoms with Crippen LogP contribution in [-0.2, 0) is 11.2 Å². The van der Waals surface area contributed by atoms with Crippen LogP contribution in [0.15, 0.2) is 6.07 Å². The summed E-state index contributed by atoms with van der Waals surface area (Å²) in [5, 5.41) is 7.90. The molecule has 2 saturated carbocycles. The van der Waals surface area contributed by atoms with Crippen molar-refractivity contribution in [3.8, 4) is 0 Å². The van der Waals surface area contributed by atoms with Crippen molar-refractivity contribution in [2.75, 3.05) is 0 Å². The maximum Gasteiger partial charge on any atom is 0.220 e. The molecule has 3 atom stereocenters. The van der Waals surface area contributed by atoms with Gasteiger partial charge in [-0.2, -0.15) is 5.10 Å². The molecule has 1 N–H and O–H groups in total. The summed E-state index contributed by atoms with van der Waals surface area (Å²) in [6.07, 6.45) is 4.89. The fourth-order valence-corrected chi connectivity index (χ4v) is 5.73. The largest absolute Gasteiger partial charge is 0.353 e. The van der Waals surface area contributed by atoms with E-state index in [-0.39, 0.29) is 11.3 Å². The molecule has 0 radical (unpaired) electrons. The second kappa shape index (κ2) is 6.05. The van der Waals surface area contributed by atoms with E-state index in [2.05, 4.69) is 43.1 Å². The zero-order valence-electron chi connectivity index (χ0n) is 17.5. The van der Waals surface area contributed by atoms with Gasteiger partial charge in [-0.25, -0.2) is 9.50 Å². The fraction of sp³-hybridized carbons (Fsp3) is 0.682. The van der Waals surface area contributed by atoms with Crippen LogP contribution in [0.5, 0.6) is 0 Å². The Bertz CT molecular complexity index is 913. The fourth-order valence-electron chi connectivity index (χ4n) is 5.73. The molecular weight excluding hydrogens is 336 g/mol. The normalized spacial score (nSPS) is 28.8. The Hall–Kier alpha value is -1.91. The molecule has 1 amide bonds. The summed E-state index contributed by atoms with van der Waals surface area (Å²) in [6.45, 7) is 13.2. The molecule has 5 heteroatoms. The van der Waals surface area contributed by atoms with Gasteiger partial charge in [0.05, 0.1) is 5.69 Å². The molecule has 0 unspecified atom stereocenters. The number of nitrogens with zero attached hydrogens (tertiary/aromatic N) is 3. The highest BCUT2D eigenvalue weighted by molar-refractivity contribution is 5.76. The molecule has 2 aliphatic carbocycles. The van der Waals surface area contributed by atoms with Crippen molar-refractivity contribution in [1.29, 1.82) is 0 Å². The van der Waals surface area contributed by atoms with E-state index in [4.69, 9.17) is 0 Å². The van der Waals surface area contributed by atoms with E-state index < -0.39 is 0 Å². The third-order valence-electron chi connectivity index (χ3n) is 8.02. The second-order valence-corrected chi connectivity index (χ2v) is 9.55. The van der Waals surface area contributed by atoms with Crippen LogP contribution in [0.3, 0.4) is 0 Å². The quantitative estimate of drug-likeness (QED) is 0.890. The smallest absolute Gasteiger partial charge is 0.220 e. The molecule has 2 fully saturated rings. The van der Waals surface area contributed by atoms with E-state index >= 15 is 0 Å². The number of aromatic nitrogens is 3. The Morgan fingerprint density at radius 3 is 2.67 bits per heavy atom. The van der Waals surface area contributed by atoms with E-state index in [0.717, 1.165) is 40.6 Å². The van der Waals surface area contributed by atoms with Crippen LogP contribution in [0, 0.1) is 37.5 Å². The number of amides is 1. The molecule has 2 aromatic rings. The molecule has 5 nitrogen and oxygen atoms in total. The van der Waals surface area contributed by atoms with Crippen molar-refractivity contribution < 1.29 is 4.79 Å². The van der Waals surface area contributed by atoms with Crippen LogP contribution in [0.1, 0.15) is 69.1 Å². The van der Waals surface area contributed by atoms with E-state index in [0.29, 0.717) is 24.3 Å². The van der Waals surface area contributed by atoms with Crippen LogP contribution < -0.4 is 5.32 Å². The number of hydrogen-bond acceptors (Lipinski definition) is 3. The first-order valence-corrected chi connectivity index (χ1v) is 10.3. The Kier molecular flexibility index (Phi) is 4.13. The van der Waals surface area contributed by atoms with E-state index in [1.54, 1.807) is 0 Å². The van der Waals surface area contributed by atoms with E-state index in [9.17, 15) is 4.79 Å². The van der Waals surface area contributed by atoms with Crippen LogP contribution in [0.25, 0.3) is 5.65 Å². The van der Waals surface area contributed by atoms with Crippen LogP contribution in [-0.4, -0.2) is 26.5 Å². The summed E-state index contributed by atoms with van der Waals surface area (Å²) >= 11 is 0. The van der Waals surface area contributed by atoms with E-state index in [1.807, 2.05) is 24.4 Å². The lowest BCUT2D eigenvalue weighted by Crippen LogP contribution is -2.46. The third kappa shape index (κ3) is 2.69. The number of aryl methyl sites for hydroxylation is 3. The third-order valence-corrected chi connectivity index (χ3v) is 8.02. The van der Waals surface area contributed by atoms with Gasteiger partial charge in [0.2, 0.25) is 5.91 Å². The minimum absolute atomic E-state index is 0.167. The number of rotatable bonds is 4. The summed E-state index contributed by atoms with van der Waals surface area (Å²) in [7, 11) is 0. The summed E-state index contributed by atoms with van der Waals surface area (Å²) in [5.74, 6) is 0.909. The summed E-state index contributed by atoms with van der Waals surface area (Å²) in [6, 6.07) is 2.31.